The SMILES string of the molecule is CCOC(=O)/N=C(/C)OCC. The Morgan fingerprint density at radius 1 is 1.27 bits per heavy atom. The fraction of sp³-hybridized carbons (Fsp3) is 0.714. The Kier molecular flexibility index (Phi) is 5.15. The van der Waals surface area contributed by atoms with Crippen molar-refractivity contribution in [3.8, 4) is 0 Å². The van der Waals surface area contributed by atoms with Gasteiger partial charge >= 0.3 is 6.09 Å². The van der Waals surface area contributed by atoms with Crippen LogP contribution in [0.3, 0.4) is 0 Å². The zero-order valence-electron chi connectivity index (χ0n) is 7.09. The third-order valence-corrected chi connectivity index (χ3v) is 0.870. The summed E-state index contributed by atoms with van der Waals surface area (Å²) in [6, 6.07) is 0. The molecular weight excluding hydrogens is 146 g/mol. The Hall–Kier alpha value is -1.06. The molecule has 0 unspecified atom stereocenters. The van der Waals surface area contributed by atoms with Crippen LogP contribution in [0.1, 0.15) is 20.8 Å². The van der Waals surface area contributed by atoms with Crippen molar-refractivity contribution in [2.45, 2.75) is 20.8 Å². The number of nitrogens with zero attached hydrogens (tertiary/aromatic N) is 1. The van der Waals surface area contributed by atoms with Gasteiger partial charge in [0.25, 0.3) is 0 Å². The summed E-state index contributed by atoms with van der Waals surface area (Å²) >= 11 is 0. The second-order valence-corrected chi connectivity index (χ2v) is 1.76. The molecule has 0 aliphatic heterocycles. The lowest BCUT2D eigenvalue weighted by Gasteiger charge is -1.99. The van der Waals surface area contributed by atoms with E-state index in [4.69, 9.17) is 4.74 Å². The smallest absolute Gasteiger partial charge is 0.436 e. The van der Waals surface area contributed by atoms with Crippen molar-refractivity contribution in [1.82, 2.24) is 0 Å². The quantitative estimate of drug-likeness (QED) is 0.454. The number of hydrogen-bond donors (Lipinski definition) is 0. The van der Waals surface area contributed by atoms with Crippen LogP contribution in [0.5, 0.6) is 0 Å². The Morgan fingerprint density at radius 2 is 1.82 bits per heavy atom. The summed E-state index contributed by atoms with van der Waals surface area (Å²) < 4.78 is 9.46. The summed E-state index contributed by atoms with van der Waals surface area (Å²) in [7, 11) is 0. The minimum Gasteiger partial charge on any atom is -0.481 e. The molecule has 0 radical (unpaired) electrons. The molecule has 0 fully saturated rings. The molecule has 1 amide bonds. The lowest BCUT2D eigenvalue weighted by atomic mass is 10.7. The summed E-state index contributed by atoms with van der Waals surface area (Å²) in [6.07, 6.45) is -0.599. The number of hydrogen-bond acceptors (Lipinski definition) is 3. The predicted molar refractivity (Wildman–Crippen MR) is 41.8 cm³/mol. The highest BCUT2D eigenvalue weighted by molar-refractivity contribution is 5.86. The van der Waals surface area contributed by atoms with Crippen molar-refractivity contribution in [2.24, 2.45) is 4.99 Å². The summed E-state index contributed by atoms with van der Waals surface area (Å²) in [6.45, 7) is 6.00. The highest BCUT2D eigenvalue weighted by Crippen LogP contribution is 1.87. The maximum absolute atomic E-state index is 10.6. The fourth-order valence-electron chi connectivity index (χ4n) is 0.525. The largest absolute Gasteiger partial charge is 0.481 e. The van der Waals surface area contributed by atoms with E-state index in [-0.39, 0.29) is 0 Å². The molecule has 0 saturated heterocycles. The van der Waals surface area contributed by atoms with Crippen LogP contribution in [0.15, 0.2) is 4.99 Å². The predicted octanol–water partition coefficient (Wildman–Crippen LogP) is 1.60. The normalized spacial score (nSPS) is 11.0. The Morgan fingerprint density at radius 3 is 2.27 bits per heavy atom. The molecule has 0 aromatic rings. The van der Waals surface area contributed by atoms with Gasteiger partial charge in [0.1, 0.15) is 0 Å². The number of carbonyl (C=O) groups is 1. The Labute approximate surface area is 66.2 Å². The van der Waals surface area contributed by atoms with E-state index >= 15 is 0 Å². The summed E-state index contributed by atoms with van der Waals surface area (Å²) in [5, 5.41) is 0. The van der Waals surface area contributed by atoms with Gasteiger partial charge in [0.15, 0.2) is 5.90 Å². The van der Waals surface area contributed by atoms with E-state index in [1.165, 1.54) is 0 Å². The molecule has 0 aliphatic rings. The zero-order valence-corrected chi connectivity index (χ0v) is 7.09. The van der Waals surface area contributed by atoms with Crippen LogP contribution in [0.25, 0.3) is 0 Å². The van der Waals surface area contributed by atoms with E-state index in [0.717, 1.165) is 0 Å². The van der Waals surface area contributed by atoms with E-state index in [2.05, 4.69) is 9.73 Å². The number of amides is 1. The zero-order chi connectivity index (χ0) is 8.69. The van der Waals surface area contributed by atoms with Gasteiger partial charge in [0.2, 0.25) is 0 Å². The van der Waals surface area contributed by atoms with E-state index in [1.807, 2.05) is 6.92 Å². The van der Waals surface area contributed by atoms with Crippen molar-refractivity contribution in [1.29, 1.82) is 0 Å². The summed E-state index contributed by atoms with van der Waals surface area (Å²) in [5.41, 5.74) is 0. The second kappa shape index (κ2) is 5.70. The van der Waals surface area contributed by atoms with Crippen LogP contribution in [0.4, 0.5) is 4.79 Å². The van der Waals surface area contributed by atoms with Crippen molar-refractivity contribution >= 4 is 12.0 Å². The summed E-state index contributed by atoms with van der Waals surface area (Å²) in [5.74, 6) is 0.339. The second-order valence-electron chi connectivity index (χ2n) is 1.76. The van der Waals surface area contributed by atoms with Crippen LogP contribution in [0, 0.1) is 0 Å². The highest BCUT2D eigenvalue weighted by Gasteiger charge is 1.98. The van der Waals surface area contributed by atoms with Gasteiger partial charge in [-0.15, -0.1) is 4.99 Å². The summed E-state index contributed by atoms with van der Waals surface area (Å²) in [4.78, 5) is 14.1. The minimum atomic E-state index is -0.599. The van der Waals surface area contributed by atoms with Gasteiger partial charge in [0.05, 0.1) is 13.2 Å². The average Bonchev–Trinajstić information content (AvgIpc) is 1.87. The van der Waals surface area contributed by atoms with E-state index in [1.54, 1.807) is 13.8 Å². The molecule has 64 valence electrons. The van der Waals surface area contributed by atoms with Crippen LogP contribution in [0.2, 0.25) is 0 Å². The third kappa shape index (κ3) is 5.39. The standard InChI is InChI=1S/C7H13NO3/c1-4-10-6(3)8-7(9)11-5-2/h4-5H2,1-3H3/b8-6-. The van der Waals surface area contributed by atoms with Crippen LogP contribution in [-0.2, 0) is 9.47 Å². The molecule has 4 nitrogen and oxygen atoms in total. The fourth-order valence-corrected chi connectivity index (χ4v) is 0.525. The molecule has 0 N–H and O–H groups in total. The first-order valence-electron chi connectivity index (χ1n) is 3.55. The third-order valence-electron chi connectivity index (χ3n) is 0.870. The van der Waals surface area contributed by atoms with Gasteiger partial charge in [-0.25, -0.2) is 4.79 Å². The first-order chi connectivity index (χ1) is 5.20. The molecule has 0 rings (SSSR count). The Balaban J connectivity index is 3.76. The molecule has 0 atom stereocenters. The molecule has 0 aromatic carbocycles. The molecule has 0 heterocycles. The van der Waals surface area contributed by atoms with Gasteiger partial charge < -0.3 is 9.47 Å². The first-order valence-corrected chi connectivity index (χ1v) is 3.55. The molecule has 11 heavy (non-hydrogen) atoms. The number of rotatable bonds is 2. The van der Waals surface area contributed by atoms with Crippen LogP contribution < -0.4 is 0 Å². The molecule has 0 spiro atoms. The molecule has 0 aliphatic carbocycles. The molecule has 0 saturated carbocycles. The number of ether oxygens (including phenoxy) is 2. The maximum Gasteiger partial charge on any atom is 0.436 e. The van der Waals surface area contributed by atoms with Gasteiger partial charge in [-0.1, -0.05) is 0 Å². The van der Waals surface area contributed by atoms with E-state index < -0.39 is 6.09 Å². The van der Waals surface area contributed by atoms with Gasteiger partial charge in [-0.3, -0.25) is 0 Å². The molecular formula is C7H13NO3. The highest BCUT2D eigenvalue weighted by atomic mass is 16.6. The van der Waals surface area contributed by atoms with Crippen molar-refractivity contribution in [3.05, 3.63) is 0 Å². The molecule has 0 bridgehead atoms. The van der Waals surface area contributed by atoms with Crippen molar-refractivity contribution in [2.75, 3.05) is 13.2 Å². The average molecular weight is 159 g/mol. The minimum absolute atomic E-state index is 0.335. The lowest BCUT2D eigenvalue weighted by molar-refractivity contribution is 0.162. The van der Waals surface area contributed by atoms with Crippen molar-refractivity contribution in [3.63, 3.8) is 0 Å². The van der Waals surface area contributed by atoms with Crippen LogP contribution >= 0.6 is 0 Å². The van der Waals surface area contributed by atoms with Crippen LogP contribution in [-0.4, -0.2) is 25.2 Å². The lowest BCUT2D eigenvalue weighted by Crippen LogP contribution is -2.05. The molecule has 4 heteroatoms. The molecule has 0 aromatic heterocycles. The van der Waals surface area contributed by atoms with Gasteiger partial charge in [-0.2, -0.15) is 0 Å². The van der Waals surface area contributed by atoms with Gasteiger partial charge in [0, 0.05) is 6.92 Å². The first kappa shape index (κ1) is 9.94. The topological polar surface area (TPSA) is 47.9 Å². The van der Waals surface area contributed by atoms with E-state index in [0.29, 0.717) is 19.1 Å². The number of carbonyl (C=O) groups excluding carboxylic acids is 1. The number of aliphatic imine (C=N–C) groups is 1. The maximum atomic E-state index is 10.6. The van der Waals surface area contributed by atoms with Gasteiger partial charge in [-0.05, 0) is 13.8 Å². The van der Waals surface area contributed by atoms with Crippen molar-refractivity contribution < 1.29 is 14.3 Å². The Bertz CT molecular complexity index is 154. The van der Waals surface area contributed by atoms with E-state index in [9.17, 15) is 4.79 Å². The monoisotopic (exact) mass is 159 g/mol.